The first-order chi connectivity index (χ1) is 7.90. The van der Waals surface area contributed by atoms with Crippen molar-refractivity contribution in [2.45, 2.75) is 37.8 Å². The number of carbonyl (C=O) groups excluding carboxylic acids is 1. The van der Waals surface area contributed by atoms with Crippen LogP contribution in [0.15, 0.2) is 30.3 Å². The summed E-state index contributed by atoms with van der Waals surface area (Å²) >= 11 is 0. The lowest BCUT2D eigenvalue weighted by Gasteiger charge is -2.31. The van der Waals surface area contributed by atoms with Crippen molar-refractivity contribution in [1.82, 2.24) is 0 Å². The minimum absolute atomic E-state index is 0.0199. The lowest BCUT2D eigenvalue weighted by molar-refractivity contribution is -0.135. The summed E-state index contributed by atoms with van der Waals surface area (Å²) in [6.45, 7) is 0.565. The van der Waals surface area contributed by atoms with Crippen LogP contribution in [0, 0.1) is 0 Å². The molecule has 3 heteroatoms. The molecule has 1 N–H and O–H groups in total. The Hall–Kier alpha value is -1.51. The number of benzene rings is 1. The molecule has 1 aliphatic rings. The van der Waals surface area contributed by atoms with Gasteiger partial charge in [-0.15, -0.1) is 0 Å². The largest absolute Gasteiger partial charge is 0.462 e. The molecule has 0 aromatic heterocycles. The first kappa shape index (κ1) is 11.0. The van der Waals surface area contributed by atoms with Crippen molar-refractivity contribution in [1.29, 1.82) is 0 Å². The number of para-hydroxylation sites is 1. The van der Waals surface area contributed by atoms with Crippen molar-refractivity contribution >= 4 is 12.2 Å². The Bertz CT molecular complexity index is 326. The molecule has 1 saturated carbocycles. The highest BCUT2D eigenvalue weighted by atomic mass is 16.5. The van der Waals surface area contributed by atoms with E-state index >= 15 is 0 Å². The van der Waals surface area contributed by atoms with Crippen LogP contribution < -0.4 is 5.32 Å². The summed E-state index contributed by atoms with van der Waals surface area (Å²) in [7, 11) is 0. The fraction of sp³-hybridized carbons (Fsp3) is 0.462. The molecule has 0 bridgehead atoms. The monoisotopic (exact) mass is 219 g/mol. The van der Waals surface area contributed by atoms with Gasteiger partial charge in [0.25, 0.3) is 6.47 Å². The summed E-state index contributed by atoms with van der Waals surface area (Å²) in [4.78, 5) is 10.4. The zero-order chi connectivity index (χ0) is 11.2. The second kappa shape index (κ2) is 5.54. The quantitative estimate of drug-likeness (QED) is 0.791. The number of hydrogen-bond acceptors (Lipinski definition) is 3. The van der Waals surface area contributed by atoms with Gasteiger partial charge in [0, 0.05) is 5.69 Å². The number of ether oxygens (including phenoxy) is 1. The SMILES string of the molecule is O=COC1CCCCC1Nc1ccccc1. The molecule has 0 spiro atoms. The third-order valence-electron chi connectivity index (χ3n) is 3.06. The molecule has 2 atom stereocenters. The zero-order valence-electron chi connectivity index (χ0n) is 9.26. The molecule has 0 aliphatic heterocycles. The van der Waals surface area contributed by atoms with Gasteiger partial charge in [0.2, 0.25) is 0 Å². The Morgan fingerprint density at radius 1 is 1.19 bits per heavy atom. The number of hydrogen-bond donors (Lipinski definition) is 1. The van der Waals surface area contributed by atoms with E-state index < -0.39 is 0 Å². The van der Waals surface area contributed by atoms with Crippen LogP contribution in [0.25, 0.3) is 0 Å². The van der Waals surface area contributed by atoms with Crippen molar-refractivity contribution in [3.63, 3.8) is 0 Å². The fourth-order valence-electron chi connectivity index (χ4n) is 2.24. The molecule has 1 aliphatic carbocycles. The fourth-order valence-corrected chi connectivity index (χ4v) is 2.24. The second-order valence-corrected chi connectivity index (χ2v) is 4.17. The normalized spacial score (nSPS) is 24.8. The van der Waals surface area contributed by atoms with Gasteiger partial charge in [0.15, 0.2) is 0 Å². The topological polar surface area (TPSA) is 38.3 Å². The van der Waals surface area contributed by atoms with Crippen LogP contribution in [-0.4, -0.2) is 18.6 Å². The minimum atomic E-state index is 0.0199. The van der Waals surface area contributed by atoms with E-state index in [-0.39, 0.29) is 12.1 Å². The predicted molar refractivity (Wildman–Crippen MR) is 63.3 cm³/mol. The summed E-state index contributed by atoms with van der Waals surface area (Å²) < 4.78 is 5.12. The number of anilines is 1. The van der Waals surface area contributed by atoms with Crippen LogP contribution in [-0.2, 0) is 9.53 Å². The molecule has 2 unspecified atom stereocenters. The molecule has 1 aromatic carbocycles. The van der Waals surface area contributed by atoms with E-state index in [4.69, 9.17) is 4.74 Å². The summed E-state index contributed by atoms with van der Waals surface area (Å²) in [5.41, 5.74) is 1.09. The van der Waals surface area contributed by atoms with Gasteiger partial charge >= 0.3 is 0 Å². The highest BCUT2D eigenvalue weighted by Gasteiger charge is 2.25. The van der Waals surface area contributed by atoms with Crippen molar-refractivity contribution in [3.8, 4) is 0 Å². The Morgan fingerprint density at radius 2 is 1.94 bits per heavy atom. The smallest absolute Gasteiger partial charge is 0.293 e. The molecule has 0 saturated heterocycles. The molecule has 1 fully saturated rings. The number of nitrogens with one attached hydrogen (secondary N) is 1. The van der Waals surface area contributed by atoms with E-state index in [2.05, 4.69) is 5.32 Å². The predicted octanol–water partition coefficient (Wildman–Crippen LogP) is 2.58. The molecule has 3 nitrogen and oxygen atoms in total. The van der Waals surface area contributed by atoms with Gasteiger partial charge in [-0.2, -0.15) is 0 Å². The molecular weight excluding hydrogens is 202 g/mol. The van der Waals surface area contributed by atoms with Crippen LogP contribution in [0.1, 0.15) is 25.7 Å². The van der Waals surface area contributed by atoms with Crippen molar-refractivity contribution in [2.24, 2.45) is 0 Å². The molecule has 16 heavy (non-hydrogen) atoms. The first-order valence-corrected chi connectivity index (χ1v) is 5.81. The Morgan fingerprint density at radius 3 is 2.69 bits per heavy atom. The molecule has 2 rings (SSSR count). The Kier molecular flexibility index (Phi) is 3.81. The maximum atomic E-state index is 10.4. The molecule has 1 aromatic rings. The van der Waals surface area contributed by atoms with Crippen molar-refractivity contribution in [2.75, 3.05) is 5.32 Å². The molecule has 0 radical (unpaired) electrons. The molecule has 0 heterocycles. The highest BCUT2D eigenvalue weighted by Crippen LogP contribution is 2.24. The van der Waals surface area contributed by atoms with E-state index in [0.717, 1.165) is 24.9 Å². The number of carbonyl (C=O) groups is 1. The van der Waals surface area contributed by atoms with E-state index in [1.807, 2.05) is 30.3 Å². The van der Waals surface area contributed by atoms with Gasteiger partial charge in [0.05, 0.1) is 6.04 Å². The van der Waals surface area contributed by atoms with Crippen molar-refractivity contribution < 1.29 is 9.53 Å². The standard InChI is InChI=1S/C13H17NO2/c15-10-16-13-9-5-4-8-12(13)14-11-6-2-1-3-7-11/h1-3,6-7,10,12-14H,4-5,8-9H2. The second-order valence-electron chi connectivity index (χ2n) is 4.17. The van der Waals surface area contributed by atoms with Gasteiger partial charge in [-0.3, -0.25) is 4.79 Å². The summed E-state index contributed by atoms with van der Waals surface area (Å²) in [6, 6.07) is 10.3. The zero-order valence-corrected chi connectivity index (χ0v) is 9.26. The van der Waals surface area contributed by atoms with Crippen LogP contribution in [0.4, 0.5) is 5.69 Å². The van der Waals surface area contributed by atoms with Crippen LogP contribution in [0.2, 0.25) is 0 Å². The average Bonchev–Trinajstić information content (AvgIpc) is 2.33. The maximum absolute atomic E-state index is 10.4. The van der Waals surface area contributed by atoms with Crippen LogP contribution in [0.5, 0.6) is 0 Å². The third kappa shape index (κ3) is 2.75. The Labute approximate surface area is 95.8 Å². The lowest BCUT2D eigenvalue weighted by Crippen LogP contribution is -2.38. The molecule has 0 amide bonds. The molecular formula is C13H17NO2. The maximum Gasteiger partial charge on any atom is 0.293 e. The van der Waals surface area contributed by atoms with Gasteiger partial charge in [-0.1, -0.05) is 24.6 Å². The summed E-state index contributed by atoms with van der Waals surface area (Å²) in [6.07, 6.45) is 4.39. The highest BCUT2D eigenvalue weighted by molar-refractivity contribution is 5.44. The van der Waals surface area contributed by atoms with Gasteiger partial charge in [-0.05, 0) is 31.4 Å². The summed E-state index contributed by atoms with van der Waals surface area (Å²) in [5, 5.41) is 3.43. The summed E-state index contributed by atoms with van der Waals surface area (Å²) in [5.74, 6) is 0. The number of rotatable bonds is 4. The van der Waals surface area contributed by atoms with E-state index in [0.29, 0.717) is 6.47 Å². The van der Waals surface area contributed by atoms with Crippen LogP contribution in [0.3, 0.4) is 0 Å². The van der Waals surface area contributed by atoms with Crippen molar-refractivity contribution in [3.05, 3.63) is 30.3 Å². The van der Waals surface area contributed by atoms with E-state index in [1.165, 1.54) is 6.42 Å². The Balaban J connectivity index is 1.98. The van der Waals surface area contributed by atoms with E-state index in [1.54, 1.807) is 0 Å². The lowest BCUT2D eigenvalue weighted by atomic mass is 9.92. The van der Waals surface area contributed by atoms with Gasteiger partial charge in [-0.25, -0.2) is 0 Å². The van der Waals surface area contributed by atoms with Gasteiger partial charge < -0.3 is 10.1 Å². The minimum Gasteiger partial charge on any atom is -0.462 e. The van der Waals surface area contributed by atoms with Gasteiger partial charge in [0.1, 0.15) is 6.10 Å². The molecule has 86 valence electrons. The first-order valence-electron chi connectivity index (χ1n) is 5.81. The third-order valence-corrected chi connectivity index (χ3v) is 3.06. The van der Waals surface area contributed by atoms with E-state index in [9.17, 15) is 4.79 Å². The van der Waals surface area contributed by atoms with Crippen LogP contribution >= 0.6 is 0 Å². The average molecular weight is 219 g/mol.